The van der Waals surface area contributed by atoms with Gasteiger partial charge in [0.15, 0.2) is 6.10 Å². The molecule has 0 aromatic heterocycles. The number of rotatable bonds is 65. The first-order valence-corrected chi connectivity index (χ1v) is 35.7. The van der Waals surface area contributed by atoms with Gasteiger partial charge < -0.3 is 14.2 Å². The van der Waals surface area contributed by atoms with Crippen LogP contribution in [0.3, 0.4) is 0 Å². The van der Waals surface area contributed by atoms with Gasteiger partial charge in [0.25, 0.3) is 0 Å². The highest BCUT2D eigenvalue weighted by Gasteiger charge is 2.19. The lowest BCUT2D eigenvalue weighted by Crippen LogP contribution is -2.30. The minimum absolute atomic E-state index is 0.104. The Balaban J connectivity index is 4.20. The lowest BCUT2D eigenvalue weighted by atomic mass is 10.0. The molecule has 1 unspecified atom stereocenters. The van der Waals surface area contributed by atoms with Gasteiger partial charge in [-0.25, -0.2) is 0 Å². The van der Waals surface area contributed by atoms with Crippen LogP contribution in [-0.4, -0.2) is 37.2 Å². The van der Waals surface area contributed by atoms with Gasteiger partial charge in [-0.15, -0.1) is 0 Å². The summed E-state index contributed by atoms with van der Waals surface area (Å²) in [6.45, 7) is 6.39. The normalized spacial score (nSPS) is 12.7. The van der Waals surface area contributed by atoms with E-state index in [1.165, 1.54) is 193 Å². The van der Waals surface area contributed by atoms with Gasteiger partial charge in [-0.3, -0.25) is 14.4 Å². The summed E-state index contributed by atoms with van der Waals surface area (Å²) in [7, 11) is 0. The van der Waals surface area contributed by atoms with Gasteiger partial charge in [-0.05, 0) is 89.9 Å². The molecule has 0 aliphatic rings. The Kier molecular flexibility index (Phi) is 67.7. The van der Waals surface area contributed by atoms with Crippen molar-refractivity contribution in [2.24, 2.45) is 0 Å². The van der Waals surface area contributed by atoms with Crippen molar-refractivity contribution >= 4 is 17.9 Å². The van der Waals surface area contributed by atoms with E-state index in [-0.39, 0.29) is 37.5 Å². The third-order valence-corrected chi connectivity index (χ3v) is 15.6. The Labute approximate surface area is 515 Å². The molecule has 0 aliphatic carbocycles. The van der Waals surface area contributed by atoms with Crippen LogP contribution in [0.4, 0.5) is 0 Å². The highest BCUT2D eigenvalue weighted by Crippen LogP contribution is 2.18. The molecule has 0 bridgehead atoms. The molecule has 0 heterocycles. The molecule has 0 aromatic carbocycles. The maximum atomic E-state index is 12.9. The summed E-state index contributed by atoms with van der Waals surface area (Å²) in [4.78, 5) is 38.4. The van der Waals surface area contributed by atoms with Crippen molar-refractivity contribution in [1.82, 2.24) is 0 Å². The minimum atomic E-state index is -0.816. The molecule has 83 heavy (non-hydrogen) atoms. The largest absolute Gasteiger partial charge is 0.462 e. The van der Waals surface area contributed by atoms with Crippen molar-refractivity contribution in [3.63, 3.8) is 0 Å². The van der Waals surface area contributed by atoms with E-state index in [2.05, 4.69) is 118 Å². The van der Waals surface area contributed by atoms with E-state index >= 15 is 0 Å². The number of hydrogen-bond acceptors (Lipinski definition) is 6. The smallest absolute Gasteiger partial charge is 0.306 e. The maximum Gasteiger partial charge on any atom is 0.306 e. The van der Waals surface area contributed by atoms with Gasteiger partial charge in [-0.2, -0.15) is 0 Å². The molecule has 0 fully saturated rings. The third kappa shape index (κ3) is 69.0. The van der Waals surface area contributed by atoms with Crippen molar-refractivity contribution < 1.29 is 28.6 Å². The molecule has 0 N–H and O–H groups in total. The van der Waals surface area contributed by atoms with Crippen LogP contribution in [0.25, 0.3) is 0 Å². The van der Waals surface area contributed by atoms with E-state index < -0.39 is 6.10 Å². The van der Waals surface area contributed by atoms with E-state index in [9.17, 15) is 14.4 Å². The molecular weight excluding hydrogens is 1020 g/mol. The molecule has 0 spiro atoms. The number of carbonyl (C=O) groups excluding carboxylic acids is 3. The van der Waals surface area contributed by atoms with E-state index in [4.69, 9.17) is 14.2 Å². The zero-order chi connectivity index (χ0) is 59.9. The Bertz CT molecular complexity index is 1610. The fourth-order valence-corrected chi connectivity index (χ4v) is 10.3. The number of carbonyl (C=O) groups is 3. The number of esters is 3. The summed E-state index contributed by atoms with van der Waals surface area (Å²) in [5, 5.41) is 0. The van der Waals surface area contributed by atoms with Crippen molar-refractivity contribution in [3.05, 3.63) is 97.2 Å². The first kappa shape index (κ1) is 79.3. The second-order valence-corrected chi connectivity index (χ2v) is 23.7. The monoisotopic (exact) mass is 1160 g/mol. The molecule has 0 saturated carbocycles. The molecule has 0 radical (unpaired) electrons. The Hall–Kier alpha value is -3.67. The maximum absolute atomic E-state index is 12.9. The highest BCUT2D eigenvalue weighted by molar-refractivity contribution is 5.71. The van der Waals surface area contributed by atoms with Gasteiger partial charge in [-0.1, -0.05) is 343 Å². The average Bonchev–Trinajstić information content (AvgIpc) is 3.49. The van der Waals surface area contributed by atoms with Crippen molar-refractivity contribution in [2.75, 3.05) is 13.2 Å². The molecule has 1 atom stereocenters. The molecular formula is C77H134O6. The van der Waals surface area contributed by atoms with E-state index in [1.807, 2.05) is 0 Å². The SMILES string of the molecule is CC/C=C\C/C=C\C/C=C\C/C=C\C/C=C\CCCC(=O)OC(COC(=O)CCCCCCC/C=C\C/C=C\C/C=C\CC)COC(=O)CCCCCCCCCCCCCCCCCCCCCCCCCCCCCCCCCCC. The zero-order valence-electron chi connectivity index (χ0n) is 54.9. The summed E-state index contributed by atoms with van der Waals surface area (Å²) in [6, 6.07) is 0. The van der Waals surface area contributed by atoms with E-state index in [0.717, 1.165) is 116 Å². The number of unbranched alkanes of at least 4 members (excludes halogenated alkanes) is 38. The molecule has 478 valence electrons. The molecule has 0 rings (SSSR count). The van der Waals surface area contributed by atoms with Gasteiger partial charge in [0, 0.05) is 19.3 Å². The van der Waals surface area contributed by atoms with Gasteiger partial charge in [0.05, 0.1) is 0 Å². The van der Waals surface area contributed by atoms with Crippen LogP contribution in [0, 0.1) is 0 Å². The lowest BCUT2D eigenvalue weighted by Gasteiger charge is -2.18. The average molecular weight is 1160 g/mol. The third-order valence-electron chi connectivity index (χ3n) is 15.6. The molecule has 6 heteroatoms. The zero-order valence-corrected chi connectivity index (χ0v) is 54.9. The predicted molar refractivity (Wildman–Crippen MR) is 362 cm³/mol. The number of allylic oxidation sites excluding steroid dienone is 16. The summed E-state index contributed by atoms with van der Waals surface area (Å²) < 4.78 is 16.9. The fourth-order valence-electron chi connectivity index (χ4n) is 10.3. The van der Waals surface area contributed by atoms with Crippen molar-refractivity contribution in [1.29, 1.82) is 0 Å². The lowest BCUT2D eigenvalue weighted by molar-refractivity contribution is -0.167. The van der Waals surface area contributed by atoms with Crippen molar-refractivity contribution in [3.8, 4) is 0 Å². The summed E-state index contributed by atoms with van der Waals surface area (Å²) in [5.74, 6) is -0.968. The second kappa shape index (κ2) is 70.8. The van der Waals surface area contributed by atoms with Crippen molar-refractivity contribution in [2.45, 2.75) is 361 Å². The first-order chi connectivity index (χ1) is 41.0. The summed E-state index contributed by atoms with van der Waals surface area (Å²) in [6.07, 6.45) is 96.2. The predicted octanol–water partition coefficient (Wildman–Crippen LogP) is 24.8. The van der Waals surface area contributed by atoms with Crippen LogP contribution < -0.4 is 0 Å². The van der Waals surface area contributed by atoms with E-state index in [0.29, 0.717) is 19.3 Å². The van der Waals surface area contributed by atoms with Crippen LogP contribution in [0.1, 0.15) is 355 Å². The standard InChI is InChI=1S/C77H134O6/c1-4-7-10-13-16-19-22-25-28-30-31-32-33-34-35-36-37-38-39-40-41-42-43-44-45-47-49-52-55-58-61-64-67-70-76(79)82-73-74(72-81-75(78)69-66-63-60-57-54-51-48-27-24-21-18-15-12-9-6-3)83-77(80)71-68-65-62-59-56-53-50-46-29-26-23-20-17-14-11-8-5-2/h8-9,11-12,17-18,20-21,26-27,29,48,50,53,59,62,74H,4-7,10,13-16,19,22-25,28,30-47,49,51-52,54-58,60-61,63-73H2,1-3H3/b11-8-,12-9-,20-17-,21-18-,29-26-,48-27-,53-50-,62-59-. The van der Waals surface area contributed by atoms with Gasteiger partial charge >= 0.3 is 17.9 Å². The van der Waals surface area contributed by atoms with Crippen LogP contribution in [0.5, 0.6) is 0 Å². The molecule has 0 aromatic rings. The quantitative estimate of drug-likeness (QED) is 0.0261. The number of ether oxygens (including phenoxy) is 3. The highest BCUT2D eigenvalue weighted by atomic mass is 16.6. The first-order valence-electron chi connectivity index (χ1n) is 35.7. The molecule has 0 amide bonds. The van der Waals surface area contributed by atoms with Crippen LogP contribution >= 0.6 is 0 Å². The van der Waals surface area contributed by atoms with Crippen LogP contribution in [0.15, 0.2) is 97.2 Å². The van der Waals surface area contributed by atoms with Gasteiger partial charge in [0.2, 0.25) is 0 Å². The fraction of sp³-hybridized carbons (Fsp3) is 0.753. The molecule has 0 aliphatic heterocycles. The topological polar surface area (TPSA) is 78.9 Å². The Morgan fingerprint density at radius 1 is 0.253 bits per heavy atom. The van der Waals surface area contributed by atoms with Gasteiger partial charge in [0.1, 0.15) is 13.2 Å². The Morgan fingerprint density at radius 2 is 0.482 bits per heavy atom. The summed E-state index contributed by atoms with van der Waals surface area (Å²) in [5.41, 5.74) is 0. The Morgan fingerprint density at radius 3 is 0.771 bits per heavy atom. The summed E-state index contributed by atoms with van der Waals surface area (Å²) >= 11 is 0. The number of hydrogen-bond donors (Lipinski definition) is 0. The molecule has 0 saturated heterocycles. The molecule has 6 nitrogen and oxygen atoms in total. The second-order valence-electron chi connectivity index (χ2n) is 23.7. The van der Waals surface area contributed by atoms with E-state index in [1.54, 1.807) is 0 Å². The minimum Gasteiger partial charge on any atom is -0.462 e. The van der Waals surface area contributed by atoms with Crippen LogP contribution in [-0.2, 0) is 28.6 Å². The van der Waals surface area contributed by atoms with Crippen LogP contribution in [0.2, 0.25) is 0 Å².